The van der Waals surface area contributed by atoms with Gasteiger partial charge in [0.2, 0.25) is 0 Å². The lowest BCUT2D eigenvalue weighted by Crippen LogP contribution is -1.99. The average molecular weight is 239 g/mol. The first-order valence-electron chi connectivity index (χ1n) is 6.00. The molecule has 0 amide bonds. The van der Waals surface area contributed by atoms with Gasteiger partial charge in [0.15, 0.2) is 0 Å². The minimum Gasteiger partial charge on any atom is -0.398 e. The van der Waals surface area contributed by atoms with Gasteiger partial charge in [-0.05, 0) is 18.6 Å². The van der Waals surface area contributed by atoms with Gasteiger partial charge in [-0.15, -0.1) is 6.58 Å². The van der Waals surface area contributed by atoms with Crippen molar-refractivity contribution in [2.75, 3.05) is 5.73 Å². The molecular formula is C15H17N3. The van der Waals surface area contributed by atoms with E-state index in [1.54, 1.807) is 6.33 Å². The summed E-state index contributed by atoms with van der Waals surface area (Å²) in [5, 5.41) is 0. The van der Waals surface area contributed by atoms with Crippen molar-refractivity contribution in [1.82, 2.24) is 9.97 Å². The number of aromatic nitrogens is 2. The van der Waals surface area contributed by atoms with E-state index < -0.39 is 0 Å². The zero-order chi connectivity index (χ0) is 13.0. The van der Waals surface area contributed by atoms with Gasteiger partial charge in [-0.25, -0.2) is 9.97 Å². The summed E-state index contributed by atoms with van der Waals surface area (Å²) >= 11 is 0. The van der Waals surface area contributed by atoms with Crippen LogP contribution in [0.1, 0.15) is 25.0 Å². The van der Waals surface area contributed by atoms with Crippen molar-refractivity contribution in [1.29, 1.82) is 0 Å². The van der Waals surface area contributed by atoms with Crippen LogP contribution in [0.2, 0.25) is 0 Å². The monoisotopic (exact) mass is 239 g/mol. The first kappa shape index (κ1) is 12.3. The number of nitrogens with two attached hydrogens (primary N) is 1. The highest BCUT2D eigenvalue weighted by atomic mass is 14.8. The summed E-state index contributed by atoms with van der Waals surface area (Å²) in [6, 6.07) is 9.73. The van der Waals surface area contributed by atoms with E-state index in [2.05, 4.69) is 23.5 Å². The smallest absolute Gasteiger partial charge is 0.116 e. The minimum absolute atomic E-state index is 0.342. The summed E-state index contributed by atoms with van der Waals surface area (Å²) in [5.41, 5.74) is 9.53. The molecule has 2 aromatic rings. The molecule has 0 fully saturated rings. The lowest BCUT2D eigenvalue weighted by molar-refractivity contribution is 0.746. The molecule has 2 N–H and O–H groups in total. The van der Waals surface area contributed by atoms with E-state index in [1.165, 1.54) is 0 Å². The highest BCUT2D eigenvalue weighted by molar-refractivity contribution is 5.73. The molecule has 0 saturated heterocycles. The Hall–Kier alpha value is -2.16. The molecule has 1 atom stereocenters. The van der Waals surface area contributed by atoms with Gasteiger partial charge in [0.25, 0.3) is 0 Å². The van der Waals surface area contributed by atoms with Crippen LogP contribution in [-0.4, -0.2) is 9.97 Å². The normalized spacial score (nSPS) is 12.1. The Bertz CT molecular complexity index is 549. The summed E-state index contributed by atoms with van der Waals surface area (Å²) in [6.07, 6.45) is 4.40. The fourth-order valence-corrected chi connectivity index (χ4v) is 1.89. The van der Waals surface area contributed by atoms with E-state index in [0.717, 1.165) is 29.1 Å². The SMILES string of the molecule is C=CC[C@H](C)c1cc(-c2ccccc2N)ncn1. The van der Waals surface area contributed by atoms with Crippen LogP contribution in [0.25, 0.3) is 11.3 Å². The molecular weight excluding hydrogens is 222 g/mol. The van der Waals surface area contributed by atoms with Crippen molar-refractivity contribution in [2.24, 2.45) is 0 Å². The minimum atomic E-state index is 0.342. The second kappa shape index (κ2) is 5.45. The second-order valence-corrected chi connectivity index (χ2v) is 4.34. The van der Waals surface area contributed by atoms with Crippen molar-refractivity contribution in [3.05, 3.63) is 55.0 Å². The molecule has 2 rings (SSSR count). The third kappa shape index (κ3) is 2.56. The molecule has 3 heteroatoms. The molecule has 1 heterocycles. The van der Waals surface area contributed by atoms with Gasteiger partial charge >= 0.3 is 0 Å². The van der Waals surface area contributed by atoms with Crippen molar-refractivity contribution in [3.63, 3.8) is 0 Å². The number of anilines is 1. The molecule has 0 aliphatic rings. The van der Waals surface area contributed by atoms with Gasteiger partial charge in [0.1, 0.15) is 6.33 Å². The Morgan fingerprint density at radius 1 is 1.33 bits per heavy atom. The van der Waals surface area contributed by atoms with Crippen LogP contribution >= 0.6 is 0 Å². The summed E-state index contributed by atoms with van der Waals surface area (Å²) in [5.74, 6) is 0.342. The molecule has 0 aliphatic carbocycles. The molecule has 0 aliphatic heterocycles. The van der Waals surface area contributed by atoms with Crippen molar-refractivity contribution in [3.8, 4) is 11.3 Å². The van der Waals surface area contributed by atoms with E-state index in [4.69, 9.17) is 5.73 Å². The van der Waals surface area contributed by atoms with Crippen LogP contribution in [0.4, 0.5) is 5.69 Å². The number of rotatable bonds is 4. The molecule has 1 aromatic carbocycles. The quantitative estimate of drug-likeness (QED) is 0.657. The van der Waals surface area contributed by atoms with Gasteiger partial charge in [0.05, 0.1) is 5.69 Å². The van der Waals surface area contributed by atoms with Crippen molar-refractivity contribution >= 4 is 5.69 Å². The zero-order valence-corrected chi connectivity index (χ0v) is 10.5. The van der Waals surface area contributed by atoms with E-state index in [9.17, 15) is 0 Å². The first-order valence-corrected chi connectivity index (χ1v) is 6.00. The number of hydrogen-bond donors (Lipinski definition) is 1. The molecule has 18 heavy (non-hydrogen) atoms. The zero-order valence-electron chi connectivity index (χ0n) is 10.5. The predicted molar refractivity (Wildman–Crippen MR) is 75.1 cm³/mol. The Morgan fingerprint density at radius 2 is 2.11 bits per heavy atom. The van der Waals surface area contributed by atoms with Crippen LogP contribution in [0.15, 0.2) is 49.3 Å². The van der Waals surface area contributed by atoms with Crippen LogP contribution in [-0.2, 0) is 0 Å². The molecule has 0 unspecified atom stereocenters. The molecule has 0 bridgehead atoms. The number of nitrogens with zero attached hydrogens (tertiary/aromatic N) is 2. The van der Waals surface area contributed by atoms with Crippen molar-refractivity contribution in [2.45, 2.75) is 19.3 Å². The molecule has 3 nitrogen and oxygen atoms in total. The van der Waals surface area contributed by atoms with Gasteiger partial charge in [-0.1, -0.05) is 31.2 Å². The van der Waals surface area contributed by atoms with Gasteiger partial charge < -0.3 is 5.73 Å². The van der Waals surface area contributed by atoms with E-state index in [1.807, 2.05) is 36.4 Å². The predicted octanol–water partition coefficient (Wildman–Crippen LogP) is 3.41. The summed E-state index contributed by atoms with van der Waals surface area (Å²) in [7, 11) is 0. The summed E-state index contributed by atoms with van der Waals surface area (Å²) in [6.45, 7) is 5.88. The third-order valence-electron chi connectivity index (χ3n) is 2.95. The average Bonchev–Trinajstić information content (AvgIpc) is 2.40. The Kier molecular flexibility index (Phi) is 3.72. The number of hydrogen-bond acceptors (Lipinski definition) is 3. The Labute approximate surface area is 107 Å². The first-order chi connectivity index (χ1) is 8.72. The van der Waals surface area contributed by atoms with Crippen LogP contribution in [0.3, 0.4) is 0 Å². The molecule has 0 radical (unpaired) electrons. The Morgan fingerprint density at radius 3 is 2.83 bits per heavy atom. The maximum absolute atomic E-state index is 5.96. The number of benzene rings is 1. The Balaban J connectivity index is 2.38. The van der Waals surface area contributed by atoms with Crippen molar-refractivity contribution < 1.29 is 0 Å². The van der Waals surface area contributed by atoms with E-state index in [-0.39, 0.29) is 0 Å². The maximum atomic E-state index is 5.96. The molecule has 0 spiro atoms. The number of nitrogen functional groups attached to an aromatic ring is 1. The summed E-state index contributed by atoms with van der Waals surface area (Å²) < 4.78 is 0. The summed E-state index contributed by atoms with van der Waals surface area (Å²) in [4.78, 5) is 8.61. The lowest BCUT2D eigenvalue weighted by Gasteiger charge is -2.10. The largest absolute Gasteiger partial charge is 0.398 e. The fourth-order valence-electron chi connectivity index (χ4n) is 1.89. The number of allylic oxidation sites excluding steroid dienone is 1. The second-order valence-electron chi connectivity index (χ2n) is 4.34. The maximum Gasteiger partial charge on any atom is 0.116 e. The van der Waals surface area contributed by atoms with E-state index >= 15 is 0 Å². The van der Waals surface area contributed by atoms with E-state index in [0.29, 0.717) is 5.92 Å². The van der Waals surface area contributed by atoms with Gasteiger partial charge in [-0.2, -0.15) is 0 Å². The third-order valence-corrected chi connectivity index (χ3v) is 2.95. The van der Waals surface area contributed by atoms with Crippen LogP contribution < -0.4 is 5.73 Å². The van der Waals surface area contributed by atoms with Crippen LogP contribution in [0, 0.1) is 0 Å². The topological polar surface area (TPSA) is 51.8 Å². The molecule has 92 valence electrons. The van der Waals surface area contributed by atoms with Gasteiger partial charge in [0, 0.05) is 22.9 Å². The lowest BCUT2D eigenvalue weighted by atomic mass is 10.0. The highest BCUT2D eigenvalue weighted by Gasteiger charge is 2.09. The highest BCUT2D eigenvalue weighted by Crippen LogP contribution is 2.26. The van der Waals surface area contributed by atoms with Gasteiger partial charge in [-0.3, -0.25) is 0 Å². The van der Waals surface area contributed by atoms with Crippen LogP contribution in [0.5, 0.6) is 0 Å². The molecule has 0 saturated carbocycles. The fraction of sp³-hybridized carbons (Fsp3) is 0.200. The molecule has 1 aromatic heterocycles. The number of para-hydroxylation sites is 1. The standard InChI is InChI=1S/C15H17N3/c1-3-6-11(2)14-9-15(18-10-17-14)12-7-4-5-8-13(12)16/h3-5,7-11H,1,6,16H2,2H3/t11-/m0/s1.